The second-order valence-electron chi connectivity index (χ2n) is 10.7. The standard InChI is InChI=1S/C34H32Cl2FN3O6S/c1-2-38-34(42)30(19-23-6-4-3-5-7-23)39(21-24-8-14-28(35)29(36)18-24)33(41)22-40(26-11-9-25(37)10-12-26)47(43,44)27-13-15-31-32(20-27)46-17-16-45-31/h3-15,18,20,30H,2,16-17,19,21-22H2,1H3,(H,38,42)/t30-/m0/s1. The second-order valence-corrected chi connectivity index (χ2v) is 13.3. The number of benzene rings is 4. The third-order valence-electron chi connectivity index (χ3n) is 7.45. The predicted octanol–water partition coefficient (Wildman–Crippen LogP) is 5.88. The largest absolute Gasteiger partial charge is 0.486 e. The molecule has 5 rings (SSSR count). The summed E-state index contributed by atoms with van der Waals surface area (Å²) < 4.78 is 54.5. The number of sulfonamides is 1. The number of fused-ring (bicyclic) bond motifs is 1. The highest BCUT2D eigenvalue weighted by Gasteiger charge is 2.35. The van der Waals surface area contributed by atoms with E-state index in [9.17, 15) is 22.4 Å². The van der Waals surface area contributed by atoms with Gasteiger partial charge in [-0.2, -0.15) is 0 Å². The van der Waals surface area contributed by atoms with Crippen molar-refractivity contribution in [1.29, 1.82) is 0 Å². The number of hydrogen-bond donors (Lipinski definition) is 1. The fraction of sp³-hybridized carbons (Fsp3) is 0.235. The lowest BCUT2D eigenvalue weighted by molar-refractivity contribution is -0.140. The van der Waals surface area contributed by atoms with Gasteiger partial charge in [0.2, 0.25) is 11.8 Å². The molecule has 4 aromatic carbocycles. The average Bonchev–Trinajstić information content (AvgIpc) is 3.07. The average molecular weight is 701 g/mol. The van der Waals surface area contributed by atoms with Crippen molar-refractivity contribution in [2.45, 2.75) is 30.8 Å². The van der Waals surface area contributed by atoms with Crippen LogP contribution >= 0.6 is 23.2 Å². The summed E-state index contributed by atoms with van der Waals surface area (Å²) in [4.78, 5) is 29.2. The summed E-state index contributed by atoms with van der Waals surface area (Å²) in [6, 6.07) is 21.9. The van der Waals surface area contributed by atoms with Crippen LogP contribution in [0, 0.1) is 5.82 Å². The fourth-order valence-corrected chi connectivity index (χ4v) is 6.88. The Kier molecular flexibility index (Phi) is 10.9. The molecule has 0 saturated carbocycles. The van der Waals surface area contributed by atoms with Gasteiger partial charge in [-0.25, -0.2) is 12.8 Å². The molecule has 0 aromatic heterocycles. The van der Waals surface area contributed by atoms with Crippen LogP contribution in [0.15, 0.2) is 95.9 Å². The summed E-state index contributed by atoms with van der Waals surface area (Å²) in [5, 5.41) is 3.37. The molecule has 4 aromatic rings. The molecule has 1 heterocycles. The molecule has 2 amide bonds. The highest BCUT2D eigenvalue weighted by molar-refractivity contribution is 7.92. The molecule has 1 atom stereocenters. The van der Waals surface area contributed by atoms with Crippen molar-refractivity contribution < 1.29 is 31.9 Å². The Bertz CT molecular complexity index is 1840. The summed E-state index contributed by atoms with van der Waals surface area (Å²) in [6.07, 6.45) is 0.144. The first kappa shape index (κ1) is 34.0. The molecule has 1 N–H and O–H groups in total. The minimum Gasteiger partial charge on any atom is -0.486 e. The molecule has 0 aliphatic carbocycles. The lowest BCUT2D eigenvalue weighted by Gasteiger charge is -2.34. The highest BCUT2D eigenvalue weighted by atomic mass is 35.5. The van der Waals surface area contributed by atoms with Crippen LogP contribution in [-0.4, -0.2) is 57.5 Å². The van der Waals surface area contributed by atoms with E-state index >= 15 is 0 Å². The normalized spacial score (nSPS) is 13.0. The monoisotopic (exact) mass is 699 g/mol. The first-order chi connectivity index (χ1) is 22.6. The van der Waals surface area contributed by atoms with Gasteiger partial charge in [-0.1, -0.05) is 59.6 Å². The van der Waals surface area contributed by atoms with Crippen LogP contribution in [0.2, 0.25) is 10.0 Å². The van der Waals surface area contributed by atoms with E-state index in [-0.39, 0.29) is 40.9 Å². The van der Waals surface area contributed by atoms with Gasteiger partial charge in [0.05, 0.1) is 20.6 Å². The number of ether oxygens (including phenoxy) is 2. The van der Waals surface area contributed by atoms with Crippen molar-refractivity contribution in [3.63, 3.8) is 0 Å². The molecular weight excluding hydrogens is 668 g/mol. The molecule has 13 heteroatoms. The highest BCUT2D eigenvalue weighted by Crippen LogP contribution is 2.34. The van der Waals surface area contributed by atoms with Gasteiger partial charge in [0, 0.05) is 25.6 Å². The van der Waals surface area contributed by atoms with Crippen LogP contribution in [-0.2, 0) is 32.6 Å². The summed E-state index contributed by atoms with van der Waals surface area (Å²) in [7, 11) is -4.44. The minimum atomic E-state index is -4.44. The maximum absolute atomic E-state index is 14.5. The smallest absolute Gasteiger partial charge is 0.264 e. The van der Waals surface area contributed by atoms with Gasteiger partial charge in [0.25, 0.3) is 10.0 Å². The van der Waals surface area contributed by atoms with Crippen molar-refractivity contribution >= 4 is 50.7 Å². The number of anilines is 1. The maximum atomic E-state index is 14.5. The Morgan fingerprint density at radius 1 is 0.872 bits per heavy atom. The Morgan fingerprint density at radius 3 is 2.26 bits per heavy atom. The SMILES string of the molecule is CCNC(=O)[C@H](Cc1ccccc1)N(Cc1ccc(Cl)c(Cl)c1)C(=O)CN(c1ccc(F)cc1)S(=O)(=O)c1ccc2c(c1)OCCO2. The van der Waals surface area contributed by atoms with E-state index in [1.165, 1.54) is 35.2 Å². The predicted molar refractivity (Wildman–Crippen MR) is 178 cm³/mol. The van der Waals surface area contributed by atoms with Crippen molar-refractivity contribution in [3.8, 4) is 11.5 Å². The van der Waals surface area contributed by atoms with E-state index in [1.54, 1.807) is 25.1 Å². The number of nitrogens with one attached hydrogen (secondary N) is 1. The Hall–Kier alpha value is -4.32. The zero-order chi connectivity index (χ0) is 33.6. The van der Waals surface area contributed by atoms with Crippen LogP contribution in [0.25, 0.3) is 0 Å². The van der Waals surface area contributed by atoms with E-state index in [1.807, 2.05) is 30.3 Å². The van der Waals surface area contributed by atoms with Gasteiger partial charge >= 0.3 is 0 Å². The van der Waals surface area contributed by atoms with Crippen molar-refractivity contribution in [3.05, 3.63) is 118 Å². The summed E-state index contributed by atoms with van der Waals surface area (Å²) >= 11 is 12.5. The first-order valence-corrected chi connectivity index (χ1v) is 17.0. The maximum Gasteiger partial charge on any atom is 0.264 e. The molecular formula is C34H32Cl2FN3O6S. The van der Waals surface area contributed by atoms with Crippen molar-refractivity contribution in [1.82, 2.24) is 10.2 Å². The number of carbonyl (C=O) groups is 2. The van der Waals surface area contributed by atoms with Crippen LogP contribution in [0.4, 0.5) is 10.1 Å². The zero-order valence-corrected chi connectivity index (χ0v) is 27.7. The van der Waals surface area contributed by atoms with Crippen molar-refractivity contribution in [2.75, 3.05) is 30.6 Å². The molecule has 0 bridgehead atoms. The van der Waals surface area contributed by atoms with Gasteiger partial charge in [0.1, 0.15) is 31.6 Å². The lowest BCUT2D eigenvalue weighted by atomic mass is 10.0. The number of carbonyl (C=O) groups excluding carboxylic acids is 2. The third kappa shape index (κ3) is 8.16. The van der Waals surface area contributed by atoms with E-state index in [4.69, 9.17) is 32.7 Å². The molecule has 47 heavy (non-hydrogen) atoms. The van der Waals surface area contributed by atoms with Crippen LogP contribution < -0.4 is 19.1 Å². The van der Waals surface area contributed by atoms with Crippen molar-refractivity contribution in [2.24, 2.45) is 0 Å². The third-order valence-corrected chi connectivity index (χ3v) is 9.96. The zero-order valence-electron chi connectivity index (χ0n) is 25.4. The Balaban J connectivity index is 1.57. The first-order valence-electron chi connectivity index (χ1n) is 14.8. The quantitative estimate of drug-likeness (QED) is 0.198. The minimum absolute atomic E-state index is 0.0433. The Morgan fingerprint density at radius 2 is 1.57 bits per heavy atom. The molecule has 0 saturated heterocycles. The molecule has 0 spiro atoms. The number of likely N-dealkylation sites (N-methyl/N-ethyl adjacent to an activating group) is 1. The fourth-order valence-electron chi connectivity index (χ4n) is 5.13. The molecule has 0 unspecified atom stereocenters. The number of nitrogens with zero attached hydrogens (tertiary/aromatic N) is 2. The van der Waals surface area contributed by atoms with Crippen LogP contribution in [0.5, 0.6) is 11.5 Å². The van der Waals surface area contributed by atoms with Gasteiger partial charge in [-0.15, -0.1) is 0 Å². The summed E-state index contributed by atoms with van der Waals surface area (Å²) in [5.41, 5.74) is 1.40. The van der Waals surface area contributed by atoms with Crippen LogP contribution in [0.3, 0.4) is 0 Å². The van der Waals surface area contributed by atoms with Crippen LogP contribution in [0.1, 0.15) is 18.1 Å². The number of hydrogen-bond acceptors (Lipinski definition) is 6. The van der Waals surface area contributed by atoms with Gasteiger partial charge < -0.3 is 19.7 Å². The number of rotatable bonds is 12. The molecule has 1 aliphatic rings. The molecule has 1 aliphatic heterocycles. The lowest BCUT2D eigenvalue weighted by Crippen LogP contribution is -2.53. The molecule has 246 valence electrons. The topological polar surface area (TPSA) is 105 Å². The van der Waals surface area contributed by atoms with Gasteiger partial charge in [0.15, 0.2) is 11.5 Å². The van der Waals surface area contributed by atoms with Gasteiger partial charge in [-0.05, 0) is 66.6 Å². The number of amides is 2. The number of halogens is 3. The van der Waals surface area contributed by atoms with E-state index in [0.717, 1.165) is 22.0 Å². The summed E-state index contributed by atoms with van der Waals surface area (Å²) in [5.74, 6) is -1.07. The molecule has 9 nitrogen and oxygen atoms in total. The van der Waals surface area contributed by atoms with E-state index in [2.05, 4.69) is 5.32 Å². The van der Waals surface area contributed by atoms with E-state index in [0.29, 0.717) is 29.5 Å². The molecule has 0 radical (unpaired) electrons. The van der Waals surface area contributed by atoms with Gasteiger partial charge in [-0.3, -0.25) is 13.9 Å². The summed E-state index contributed by atoms with van der Waals surface area (Å²) in [6.45, 7) is 1.82. The second kappa shape index (κ2) is 15.1. The van der Waals surface area contributed by atoms with E-state index < -0.39 is 40.2 Å². The molecule has 0 fully saturated rings. The Labute approximate surface area is 282 Å².